The standard InChI is InChI=1S/C6H6FN3/c7-5(8)4-2-1-3-10-6(4)9/h1-3,8H,(H2,9,10). The minimum absolute atomic E-state index is 0.0440. The van der Waals surface area contributed by atoms with Gasteiger partial charge in [-0.1, -0.05) is 0 Å². The predicted molar refractivity (Wildman–Crippen MR) is 36.6 cm³/mol. The molecule has 1 heterocycles. The van der Waals surface area contributed by atoms with Crippen LogP contribution in [0.25, 0.3) is 0 Å². The van der Waals surface area contributed by atoms with Crippen LogP contribution in [-0.2, 0) is 0 Å². The molecular formula is C6H6FN3. The molecule has 0 aliphatic heterocycles. The van der Waals surface area contributed by atoms with Crippen molar-refractivity contribution in [3.63, 3.8) is 0 Å². The molecular weight excluding hydrogens is 133 g/mol. The van der Waals surface area contributed by atoms with Gasteiger partial charge in [-0.25, -0.2) is 4.98 Å². The summed E-state index contributed by atoms with van der Waals surface area (Å²) in [5.41, 5.74) is 5.27. The van der Waals surface area contributed by atoms with Gasteiger partial charge in [-0.15, -0.1) is 0 Å². The van der Waals surface area contributed by atoms with E-state index in [1.54, 1.807) is 0 Å². The summed E-state index contributed by atoms with van der Waals surface area (Å²) in [5, 5.41) is 6.59. The van der Waals surface area contributed by atoms with E-state index in [1.165, 1.54) is 18.3 Å². The second-order valence-electron chi connectivity index (χ2n) is 1.75. The number of halogens is 1. The Kier molecular flexibility index (Phi) is 1.62. The van der Waals surface area contributed by atoms with E-state index in [9.17, 15) is 4.39 Å². The summed E-state index contributed by atoms with van der Waals surface area (Å²) in [6.45, 7) is 0. The largest absolute Gasteiger partial charge is 0.383 e. The van der Waals surface area contributed by atoms with E-state index in [2.05, 4.69) is 4.98 Å². The molecule has 3 N–H and O–H groups in total. The van der Waals surface area contributed by atoms with Crippen molar-refractivity contribution < 1.29 is 4.39 Å². The van der Waals surface area contributed by atoms with E-state index < -0.39 is 5.97 Å². The van der Waals surface area contributed by atoms with E-state index in [0.29, 0.717) is 0 Å². The summed E-state index contributed by atoms with van der Waals surface area (Å²) in [4.78, 5) is 3.60. The first-order chi connectivity index (χ1) is 4.72. The second kappa shape index (κ2) is 2.43. The highest BCUT2D eigenvalue weighted by Gasteiger charge is 2.02. The fourth-order valence-corrected chi connectivity index (χ4v) is 0.603. The maximum Gasteiger partial charge on any atom is 0.216 e. The number of hydrogen-bond acceptors (Lipinski definition) is 3. The quantitative estimate of drug-likeness (QED) is 0.569. The molecule has 1 aromatic heterocycles. The zero-order valence-corrected chi connectivity index (χ0v) is 5.13. The average Bonchev–Trinajstić information content (AvgIpc) is 1.88. The lowest BCUT2D eigenvalue weighted by Crippen LogP contribution is -1.99. The number of pyridine rings is 1. The summed E-state index contributed by atoms with van der Waals surface area (Å²) in [7, 11) is 0. The van der Waals surface area contributed by atoms with Gasteiger partial charge in [-0.05, 0) is 12.1 Å². The molecule has 0 bridgehead atoms. The lowest BCUT2D eigenvalue weighted by atomic mass is 10.3. The van der Waals surface area contributed by atoms with Crippen LogP contribution in [0, 0.1) is 5.41 Å². The zero-order valence-electron chi connectivity index (χ0n) is 5.13. The van der Waals surface area contributed by atoms with Gasteiger partial charge in [0.25, 0.3) is 0 Å². The Morgan fingerprint density at radius 2 is 2.40 bits per heavy atom. The van der Waals surface area contributed by atoms with Crippen molar-refractivity contribution in [3.8, 4) is 0 Å². The highest BCUT2D eigenvalue weighted by molar-refractivity contribution is 5.94. The average molecular weight is 139 g/mol. The van der Waals surface area contributed by atoms with Crippen LogP contribution in [0.5, 0.6) is 0 Å². The van der Waals surface area contributed by atoms with Crippen molar-refractivity contribution in [1.82, 2.24) is 4.98 Å². The van der Waals surface area contributed by atoms with Gasteiger partial charge in [0, 0.05) is 6.20 Å². The molecule has 0 aliphatic carbocycles. The van der Waals surface area contributed by atoms with Crippen molar-refractivity contribution >= 4 is 11.8 Å². The lowest BCUT2D eigenvalue weighted by molar-refractivity contribution is 0.797. The monoisotopic (exact) mass is 139 g/mol. The third-order valence-electron chi connectivity index (χ3n) is 1.08. The molecule has 0 unspecified atom stereocenters. The van der Waals surface area contributed by atoms with Crippen molar-refractivity contribution in [2.45, 2.75) is 0 Å². The fourth-order valence-electron chi connectivity index (χ4n) is 0.603. The number of nitrogen functional groups attached to an aromatic ring is 1. The normalized spacial score (nSPS) is 9.30. The molecule has 0 amide bonds. The molecule has 0 saturated heterocycles. The molecule has 0 saturated carbocycles. The maximum atomic E-state index is 12.2. The number of anilines is 1. The zero-order chi connectivity index (χ0) is 7.56. The summed E-state index contributed by atoms with van der Waals surface area (Å²) in [5.74, 6) is -0.999. The smallest absolute Gasteiger partial charge is 0.216 e. The SMILES string of the molecule is N=C(F)c1cccnc1N. The van der Waals surface area contributed by atoms with Gasteiger partial charge < -0.3 is 5.73 Å². The van der Waals surface area contributed by atoms with E-state index in [4.69, 9.17) is 11.1 Å². The van der Waals surface area contributed by atoms with Crippen LogP contribution in [0.4, 0.5) is 10.2 Å². The van der Waals surface area contributed by atoms with Gasteiger partial charge in [-0.3, -0.25) is 5.41 Å². The van der Waals surface area contributed by atoms with Crippen LogP contribution < -0.4 is 5.73 Å². The molecule has 52 valence electrons. The number of hydrogen-bond donors (Lipinski definition) is 2. The predicted octanol–water partition coefficient (Wildman–Crippen LogP) is 0.959. The molecule has 0 atom stereocenters. The first kappa shape index (κ1) is 6.67. The molecule has 1 aromatic rings. The van der Waals surface area contributed by atoms with E-state index in [-0.39, 0.29) is 11.4 Å². The van der Waals surface area contributed by atoms with Gasteiger partial charge in [0.05, 0.1) is 5.56 Å². The highest BCUT2D eigenvalue weighted by atomic mass is 19.1. The summed E-state index contributed by atoms with van der Waals surface area (Å²) in [6.07, 6.45) is 1.45. The summed E-state index contributed by atoms with van der Waals surface area (Å²) < 4.78 is 12.2. The molecule has 0 aliphatic rings. The maximum absolute atomic E-state index is 12.2. The van der Waals surface area contributed by atoms with E-state index in [0.717, 1.165) is 0 Å². The Hall–Kier alpha value is -1.45. The van der Waals surface area contributed by atoms with Crippen LogP contribution >= 0.6 is 0 Å². The van der Waals surface area contributed by atoms with Gasteiger partial charge in [-0.2, -0.15) is 4.39 Å². The van der Waals surface area contributed by atoms with E-state index in [1.807, 2.05) is 0 Å². The van der Waals surface area contributed by atoms with Gasteiger partial charge in [0.2, 0.25) is 5.97 Å². The Labute approximate surface area is 57.2 Å². The van der Waals surface area contributed by atoms with Crippen molar-refractivity contribution in [2.24, 2.45) is 0 Å². The Bertz CT molecular complexity index is 259. The molecule has 10 heavy (non-hydrogen) atoms. The minimum Gasteiger partial charge on any atom is -0.383 e. The third-order valence-corrected chi connectivity index (χ3v) is 1.08. The minimum atomic E-state index is -1.05. The van der Waals surface area contributed by atoms with Crippen molar-refractivity contribution in [1.29, 1.82) is 5.41 Å². The third kappa shape index (κ3) is 1.10. The van der Waals surface area contributed by atoms with Crippen LogP contribution in [-0.4, -0.2) is 10.9 Å². The first-order valence-electron chi connectivity index (χ1n) is 2.66. The van der Waals surface area contributed by atoms with Crippen LogP contribution in [0.15, 0.2) is 18.3 Å². The fraction of sp³-hybridized carbons (Fsp3) is 0. The lowest BCUT2D eigenvalue weighted by Gasteiger charge is -1.96. The second-order valence-corrected chi connectivity index (χ2v) is 1.75. The van der Waals surface area contributed by atoms with Crippen LogP contribution in [0.3, 0.4) is 0 Å². The molecule has 4 heteroatoms. The molecule has 0 aromatic carbocycles. The summed E-state index contributed by atoms with van der Waals surface area (Å²) >= 11 is 0. The topological polar surface area (TPSA) is 62.8 Å². The molecule has 1 rings (SSSR count). The Balaban J connectivity index is 3.15. The number of nitrogens with one attached hydrogen (secondary N) is 1. The van der Waals surface area contributed by atoms with E-state index >= 15 is 0 Å². The molecule has 0 fully saturated rings. The van der Waals surface area contributed by atoms with Crippen LogP contribution in [0.2, 0.25) is 0 Å². The van der Waals surface area contributed by atoms with Crippen molar-refractivity contribution in [3.05, 3.63) is 23.9 Å². The summed E-state index contributed by atoms with van der Waals surface area (Å²) in [6, 6.07) is 2.93. The van der Waals surface area contributed by atoms with Gasteiger partial charge in [0.15, 0.2) is 0 Å². The van der Waals surface area contributed by atoms with Crippen molar-refractivity contribution in [2.75, 3.05) is 5.73 Å². The Morgan fingerprint density at radius 3 is 2.80 bits per heavy atom. The molecule has 0 spiro atoms. The number of nitrogens with two attached hydrogens (primary N) is 1. The molecule has 0 radical (unpaired) electrons. The number of rotatable bonds is 1. The Morgan fingerprint density at radius 1 is 1.70 bits per heavy atom. The first-order valence-corrected chi connectivity index (χ1v) is 2.66. The van der Waals surface area contributed by atoms with Gasteiger partial charge in [0.1, 0.15) is 5.82 Å². The number of nitrogens with zero attached hydrogens (tertiary/aromatic N) is 1. The molecule has 3 nitrogen and oxygen atoms in total. The van der Waals surface area contributed by atoms with Gasteiger partial charge >= 0.3 is 0 Å². The van der Waals surface area contributed by atoms with Crippen LogP contribution in [0.1, 0.15) is 5.56 Å². The number of aromatic nitrogens is 1. The highest BCUT2D eigenvalue weighted by Crippen LogP contribution is 2.07.